The highest BCUT2D eigenvalue weighted by Gasteiger charge is 2.52. The summed E-state index contributed by atoms with van der Waals surface area (Å²) in [4.78, 5) is 12.0. The Balaban J connectivity index is 1.76. The van der Waals surface area contributed by atoms with Crippen molar-refractivity contribution in [3.63, 3.8) is 0 Å². The van der Waals surface area contributed by atoms with Gasteiger partial charge in [0.15, 0.2) is 0 Å². The van der Waals surface area contributed by atoms with Crippen molar-refractivity contribution in [2.24, 2.45) is 0 Å². The van der Waals surface area contributed by atoms with E-state index >= 15 is 0 Å². The Bertz CT molecular complexity index is 752. The third-order valence-corrected chi connectivity index (χ3v) is 5.88. The molecule has 3 rings (SSSR count). The first-order valence-corrected chi connectivity index (χ1v) is 9.87. The maximum Gasteiger partial charge on any atom is 0.494 e. The van der Waals surface area contributed by atoms with Crippen LogP contribution < -0.4 is 10.8 Å². The Kier molecular flexibility index (Phi) is 5.08. The van der Waals surface area contributed by atoms with Crippen LogP contribution in [0.15, 0.2) is 18.2 Å². The standard InChI is InChI=1S/C21H31BFNO4/c1-18(2,3)26-17(25)24-13-21(8-9-21)14-10-15(12-16(23)11-14)22-27-19(4,5)20(6,7)28-22/h10-12H,8-9,13H2,1-7H3,(H,24,25). The van der Waals surface area contributed by atoms with Gasteiger partial charge in [-0.05, 0) is 84.5 Å². The largest absolute Gasteiger partial charge is 0.494 e. The second-order valence-electron chi connectivity index (χ2n) is 10.00. The van der Waals surface area contributed by atoms with Gasteiger partial charge >= 0.3 is 13.2 Å². The molecule has 5 nitrogen and oxygen atoms in total. The van der Waals surface area contributed by atoms with Crippen LogP contribution in [-0.2, 0) is 19.5 Å². The van der Waals surface area contributed by atoms with Crippen LogP contribution in [-0.4, -0.2) is 36.6 Å². The lowest BCUT2D eigenvalue weighted by molar-refractivity contribution is 0.00578. The van der Waals surface area contributed by atoms with Crippen LogP contribution in [0.1, 0.15) is 66.9 Å². The molecule has 1 aromatic carbocycles. The normalized spacial score (nSPS) is 22.1. The molecule has 1 aliphatic heterocycles. The highest BCUT2D eigenvalue weighted by molar-refractivity contribution is 6.62. The number of benzene rings is 1. The lowest BCUT2D eigenvalue weighted by Gasteiger charge is -2.32. The second-order valence-corrected chi connectivity index (χ2v) is 10.00. The molecule has 0 atom stereocenters. The minimum atomic E-state index is -0.617. The average molecular weight is 391 g/mol. The van der Waals surface area contributed by atoms with Gasteiger partial charge in [0.05, 0.1) is 11.2 Å². The molecule has 0 spiro atoms. The summed E-state index contributed by atoms with van der Waals surface area (Å²) in [6.45, 7) is 13.8. The van der Waals surface area contributed by atoms with Crippen molar-refractivity contribution >= 4 is 18.7 Å². The molecule has 1 N–H and O–H groups in total. The first-order valence-electron chi connectivity index (χ1n) is 9.87. The lowest BCUT2D eigenvalue weighted by atomic mass is 9.76. The molecule has 0 radical (unpaired) electrons. The SMILES string of the molecule is CC(C)(C)OC(=O)NCC1(c2cc(F)cc(B3OC(C)(C)C(C)(C)O3)c2)CC1. The number of carbonyl (C=O) groups excluding carboxylic acids is 1. The Morgan fingerprint density at radius 1 is 1.14 bits per heavy atom. The fourth-order valence-corrected chi connectivity index (χ4v) is 3.31. The summed E-state index contributed by atoms with van der Waals surface area (Å²) in [5, 5.41) is 2.83. The summed E-state index contributed by atoms with van der Waals surface area (Å²) >= 11 is 0. The summed E-state index contributed by atoms with van der Waals surface area (Å²) < 4.78 is 31.9. The zero-order chi connectivity index (χ0) is 21.0. The van der Waals surface area contributed by atoms with Crippen molar-refractivity contribution < 1.29 is 23.2 Å². The molecular formula is C21H31BFNO4. The molecule has 1 saturated carbocycles. The molecule has 2 aliphatic rings. The molecule has 1 aromatic rings. The van der Waals surface area contributed by atoms with Crippen LogP contribution in [0.3, 0.4) is 0 Å². The molecule has 1 saturated heterocycles. The molecule has 1 aliphatic carbocycles. The minimum absolute atomic E-state index is 0.266. The van der Waals surface area contributed by atoms with Crippen LogP contribution in [0.5, 0.6) is 0 Å². The zero-order valence-electron chi connectivity index (χ0n) is 17.9. The summed E-state index contributed by atoms with van der Waals surface area (Å²) in [5.41, 5.74) is -0.272. The van der Waals surface area contributed by atoms with E-state index in [2.05, 4.69) is 5.32 Å². The maximum absolute atomic E-state index is 14.4. The number of ether oxygens (including phenoxy) is 1. The smallest absolute Gasteiger partial charge is 0.444 e. The van der Waals surface area contributed by atoms with E-state index in [4.69, 9.17) is 14.0 Å². The molecule has 2 fully saturated rings. The van der Waals surface area contributed by atoms with Crippen LogP contribution in [0, 0.1) is 5.82 Å². The Morgan fingerprint density at radius 2 is 1.71 bits per heavy atom. The second kappa shape index (κ2) is 6.73. The molecule has 1 amide bonds. The van der Waals surface area contributed by atoms with E-state index in [0.29, 0.717) is 12.0 Å². The Hall–Kier alpha value is -1.60. The molecule has 154 valence electrons. The predicted molar refractivity (Wildman–Crippen MR) is 107 cm³/mol. The minimum Gasteiger partial charge on any atom is -0.444 e. The van der Waals surface area contributed by atoms with Gasteiger partial charge in [0.2, 0.25) is 0 Å². The van der Waals surface area contributed by atoms with Crippen molar-refractivity contribution in [3.05, 3.63) is 29.6 Å². The highest BCUT2D eigenvalue weighted by atomic mass is 19.1. The molecule has 0 bridgehead atoms. The number of amides is 1. The Morgan fingerprint density at radius 3 is 2.21 bits per heavy atom. The lowest BCUT2D eigenvalue weighted by Crippen LogP contribution is -2.41. The maximum atomic E-state index is 14.4. The fourth-order valence-electron chi connectivity index (χ4n) is 3.31. The predicted octanol–water partition coefficient (Wildman–Crippen LogP) is 3.68. The molecule has 7 heteroatoms. The number of rotatable bonds is 4. The van der Waals surface area contributed by atoms with Crippen molar-refractivity contribution in [1.82, 2.24) is 5.32 Å². The molecule has 0 aromatic heterocycles. The fraction of sp³-hybridized carbons (Fsp3) is 0.667. The first kappa shape index (κ1) is 21.1. The number of hydrogen-bond donors (Lipinski definition) is 1. The molecule has 0 unspecified atom stereocenters. The van der Waals surface area contributed by atoms with Crippen molar-refractivity contribution in [2.75, 3.05) is 6.54 Å². The first-order chi connectivity index (χ1) is 12.7. The van der Waals surface area contributed by atoms with Crippen molar-refractivity contribution in [3.8, 4) is 0 Å². The van der Waals surface area contributed by atoms with Gasteiger partial charge in [0, 0.05) is 12.0 Å². The number of halogens is 1. The van der Waals surface area contributed by atoms with Crippen LogP contribution >= 0.6 is 0 Å². The van der Waals surface area contributed by atoms with Crippen molar-refractivity contribution in [1.29, 1.82) is 0 Å². The van der Waals surface area contributed by atoms with Gasteiger partial charge in [-0.2, -0.15) is 0 Å². The topological polar surface area (TPSA) is 56.8 Å². The van der Waals surface area contributed by atoms with Crippen LogP contribution in [0.2, 0.25) is 0 Å². The van der Waals surface area contributed by atoms with E-state index in [0.717, 1.165) is 18.4 Å². The van der Waals surface area contributed by atoms with Gasteiger partial charge in [0.25, 0.3) is 0 Å². The van der Waals surface area contributed by atoms with E-state index in [-0.39, 0.29) is 11.2 Å². The number of nitrogens with one attached hydrogen (secondary N) is 1. The number of hydrogen-bond acceptors (Lipinski definition) is 4. The molecule has 28 heavy (non-hydrogen) atoms. The quantitative estimate of drug-likeness (QED) is 0.796. The van der Waals surface area contributed by atoms with E-state index in [1.165, 1.54) is 6.07 Å². The van der Waals surface area contributed by atoms with E-state index in [1.54, 1.807) is 6.07 Å². The molecule has 1 heterocycles. The van der Waals surface area contributed by atoms with Crippen LogP contribution in [0.4, 0.5) is 9.18 Å². The third-order valence-electron chi connectivity index (χ3n) is 5.88. The third kappa shape index (κ3) is 4.36. The number of alkyl carbamates (subject to hydrolysis) is 1. The highest BCUT2D eigenvalue weighted by Crippen LogP contribution is 2.48. The van der Waals surface area contributed by atoms with Gasteiger partial charge in [-0.15, -0.1) is 0 Å². The van der Waals surface area contributed by atoms with Gasteiger partial charge in [0.1, 0.15) is 11.4 Å². The summed E-state index contributed by atoms with van der Waals surface area (Å²) in [6, 6.07) is 4.94. The van der Waals surface area contributed by atoms with Gasteiger partial charge in [-0.1, -0.05) is 6.07 Å². The average Bonchev–Trinajstić information content (AvgIpc) is 3.26. The zero-order valence-corrected chi connectivity index (χ0v) is 17.9. The van der Waals surface area contributed by atoms with Crippen LogP contribution in [0.25, 0.3) is 0 Å². The van der Waals surface area contributed by atoms with Gasteiger partial charge in [-0.3, -0.25) is 0 Å². The van der Waals surface area contributed by atoms with Crippen molar-refractivity contribution in [2.45, 2.75) is 83.5 Å². The monoisotopic (exact) mass is 391 g/mol. The van der Waals surface area contributed by atoms with E-state index in [9.17, 15) is 9.18 Å². The van der Waals surface area contributed by atoms with E-state index < -0.39 is 30.0 Å². The summed E-state index contributed by atoms with van der Waals surface area (Å²) in [6.07, 6.45) is 1.31. The summed E-state index contributed by atoms with van der Waals surface area (Å²) in [5.74, 6) is -0.328. The Labute approximate surface area is 167 Å². The molecular weight excluding hydrogens is 360 g/mol. The number of carbonyl (C=O) groups is 1. The van der Waals surface area contributed by atoms with Gasteiger partial charge < -0.3 is 19.4 Å². The van der Waals surface area contributed by atoms with Gasteiger partial charge in [-0.25, -0.2) is 9.18 Å². The van der Waals surface area contributed by atoms with E-state index in [1.807, 2.05) is 54.5 Å². The summed E-state index contributed by atoms with van der Waals surface area (Å²) in [7, 11) is -0.617.